The van der Waals surface area contributed by atoms with Crippen molar-refractivity contribution in [3.05, 3.63) is 71.1 Å². The van der Waals surface area contributed by atoms with E-state index < -0.39 is 11.7 Å². The molecule has 3 aromatic rings. The summed E-state index contributed by atoms with van der Waals surface area (Å²) in [6, 6.07) is 9.81. The van der Waals surface area contributed by atoms with Crippen LogP contribution in [0.1, 0.15) is 23.9 Å². The first-order valence-electron chi connectivity index (χ1n) is 8.92. The highest BCUT2D eigenvalue weighted by atomic mass is 19.1. The van der Waals surface area contributed by atoms with Gasteiger partial charge in [-0.1, -0.05) is 0 Å². The summed E-state index contributed by atoms with van der Waals surface area (Å²) in [7, 11) is 0. The molecule has 0 unspecified atom stereocenters. The van der Waals surface area contributed by atoms with E-state index in [9.17, 15) is 18.4 Å². The third-order valence-electron chi connectivity index (χ3n) is 4.41. The molecule has 0 radical (unpaired) electrons. The van der Waals surface area contributed by atoms with Crippen molar-refractivity contribution in [2.24, 2.45) is 0 Å². The predicted octanol–water partition coefficient (Wildman–Crippen LogP) is 3.91. The lowest BCUT2D eigenvalue weighted by molar-refractivity contribution is -0.116. The quantitative estimate of drug-likeness (QED) is 0.684. The molecule has 1 aromatic heterocycles. The average Bonchev–Trinajstić information content (AvgIpc) is 2.93. The zero-order valence-corrected chi connectivity index (χ0v) is 16.2. The van der Waals surface area contributed by atoms with E-state index in [0.29, 0.717) is 22.6 Å². The highest BCUT2D eigenvalue weighted by Gasteiger charge is 2.17. The summed E-state index contributed by atoms with van der Waals surface area (Å²) >= 11 is 0. The monoisotopic (exact) mass is 398 g/mol. The van der Waals surface area contributed by atoms with Crippen molar-refractivity contribution in [2.45, 2.75) is 27.2 Å². The van der Waals surface area contributed by atoms with Crippen molar-refractivity contribution in [1.82, 2.24) is 9.78 Å². The Labute approximate surface area is 166 Å². The highest BCUT2D eigenvalue weighted by molar-refractivity contribution is 5.94. The molecule has 0 saturated carbocycles. The molecule has 2 aromatic carbocycles. The molecule has 3 rings (SSSR count). The van der Waals surface area contributed by atoms with Crippen LogP contribution in [-0.2, 0) is 16.0 Å². The Kier molecular flexibility index (Phi) is 5.72. The normalized spacial score (nSPS) is 10.7. The summed E-state index contributed by atoms with van der Waals surface area (Å²) in [5, 5.41) is 9.50. The van der Waals surface area contributed by atoms with Gasteiger partial charge in [0, 0.05) is 23.9 Å². The number of aryl methyl sites for hydroxylation is 1. The van der Waals surface area contributed by atoms with Crippen LogP contribution in [0.5, 0.6) is 0 Å². The Balaban J connectivity index is 1.79. The summed E-state index contributed by atoms with van der Waals surface area (Å²) in [6.45, 7) is 4.92. The smallest absolute Gasteiger partial charge is 0.229 e. The van der Waals surface area contributed by atoms with E-state index in [4.69, 9.17) is 0 Å². The number of nitrogens with one attached hydrogen (secondary N) is 2. The molecule has 2 amide bonds. The molecule has 1 heterocycles. The second kappa shape index (κ2) is 8.22. The van der Waals surface area contributed by atoms with E-state index in [1.807, 2.05) is 6.92 Å². The molecule has 0 fully saturated rings. The van der Waals surface area contributed by atoms with Gasteiger partial charge in [0.25, 0.3) is 0 Å². The summed E-state index contributed by atoms with van der Waals surface area (Å²) in [4.78, 5) is 23.7. The maximum Gasteiger partial charge on any atom is 0.229 e. The van der Waals surface area contributed by atoms with Crippen LogP contribution in [-0.4, -0.2) is 21.6 Å². The Bertz CT molecular complexity index is 1080. The van der Waals surface area contributed by atoms with Crippen LogP contribution in [0.15, 0.2) is 42.5 Å². The first kappa shape index (κ1) is 20.2. The number of anilines is 2. The number of benzene rings is 2. The Hall–Kier alpha value is -3.55. The minimum Gasteiger partial charge on any atom is -0.326 e. The van der Waals surface area contributed by atoms with E-state index in [0.717, 1.165) is 5.69 Å². The Morgan fingerprint density at radius 2 is 1.72 bits per heavy atom. The number of aromatic nitrogens is 2. The van der Waals surface area contributed by atoms with Crippen LogP contribution in [0.4, 0.5) is 20.2 Å². The molecule has 8 heteroatoms. The Morgan fingerprint density at radius 1 is 1.03 bits per heavy atom. The fourth-order valence-corrected chi connectivity index (χ4v) is 3.02. The molecule has 150 valence electrons. The van der Waals surface area contributed by atoms with E-state index in [-0.39, 0.29) is 23.8 Å². The van der Waals surface area contributed by atoms with Gasteiger partial charge in [-0.25, -0.2) is 13.5 Å². The standard InChI is InChI=1S/C21H20F2N4O2/c1-12-18(13(2)27(26-12)17-7-4-15(22)5-8-17)11-21(29)25-20-10-16(24-14(3)28)6-9-19(20)23/h4-10H,11H2,1-3H3,(H,24,28)(H,25,29). The second-order valence-corrected chi connectivity index (χ2v) is 6.64. The van der Waals surface area contributed by atoms with Gasteiger partial charge in [-0.3, -0.25) is 9.59 Å². The van der Waals surface area contributed by atoms with Crippen LogP contribution >= 0.6 is 0 Å². The molecule has 0 atom stereocenters. The SMILES string of the molecule is CC(=O)Nc1ccc(F)c(NC(=O)Cc2c(C)nn(-c3ccc(F)cc3)c2C)c1. The number of carbonyl (C=O) groups excluding carboxylic acids is 2. The van der Waals surface area contributed by atoms with Gasteiger partial charge < -0.3 is 10.6 Å². The maximum absolute atomic E-state index is 14.0. The Morgan fingerprint density at radius 3 is 2.38 bits per heavy atom. The van der Waals surface area contributed by atoms with E-state index in [1.54, 1.807) is 23.7 Å². The predicted molar refractivity (Wildman–Crippen MR) is 106 cm³/mol. The molecule has 2 N–H and O–H groups in total. The van der Waals surface area contributed by atoms with E-state index in [2.05, 4.69) is 15.7 Å². The van der Waals surface area contributed by atoms with Crippen molar-refractivity contribution in [3.8, 4) is 5.69 Å². The molecule has 0 bridgehead atoms. The third-order valence-corrected chi connectivity index (χ3v) is 4.41. The van der Waals surface area contributed by atoms with E-state index >= 15 is 0 Å². The zero-order valence-electron chi connectivity index (χ0n) is 16.2. The fraction of sp³-hybridized carbons (Fsp3) is 0.190. The van der Waals surface area contributed by atoms with Crippen LogP contribution in [0.3, 0.4) is 0 Å². The molecule has 0 saturated heterocycles. The fourth-order valence-electron chi connectivity index (χ4n) is 3.02. The van der Waals surface area contributed by atoms with Crippen LogP contribution in [0, 0.1) is 25.5 Å². The van der Waals surface area contributed by atoms with Gasteiger partial charge in [0.05, 0.1) is 23.5 Å². The van der Waals surface area contributed by atoms with Gasteiger partial charge >= 0.3 is 0 Å². The van der Waals surface area contributed by atoms with Gasteiger partial charge in [0.1, 0.15) is 11.6 Å². The van der Waals surface area contributed by atoms with Crippen molar-refractivity contribution in [2.75, 3.05) is 10.6 Å². The molecular weight excluding hydrogens is 378 g/mol. The minimum absolute atomic E-state index is 0.0112. The van der Waals surface area contributed by atoms with Crippen LogP contribution in [0.25, 0.3) is 5.69 Å². The van der Waals surface area contributed by atoms with Crippen molar-refractivity contribution in [3.63, 3.8) is 0 Å². The average molecular weight is 398 g/mol. The van der Waals surface area contributed by atoms with Crippen molar-refractivity contribution >= 4 is 23.2 Å². The van der Waals surface area contributed by atoms with Crippen LogP contribution in [0.2, 0.25) is 0 Å². The summed E-state index contributed by atoms with van der Waals surface area (Å²) in [5.74, 6) is -1.68. The molecule has 0 aliphatic carbocycles. The largest absolute Gasteiger partial charge is 0.326 e. The first-order chi connectivity index (χ1) is 13.7. The topological polar surface area (TPSA) is 76.0 Å². The molecule has 0 aliphatic heterocycles. The summed E-state index contributed by atoms with van der Waals surface area (Å²) < 4.78 is 28.8. The number of nitrogens with zero attached hydrogens (tertiary/aromatic N) is 2. The zero-order chi connectivity index (χ0) is 21.1. The molecule has 29 heavy (non-hydrogen) atoms. The molecular formula is C21H20F2N4O2. The van der Waals surface area contributed by atoms with E-state index in [1.165, 1.54) is 37.3 Å². The lowest BCUT2D eigenvalue weighted by atomic mass is 10.1. The number of hydrogen-bond acceptors (Lipinski definition) is 3. The first-order valence-corrected chi connectivity index (χ1v) is 8.92. The molecule has 6 nitrogen and oxygen atoms in total. The summed E-state index contributed by atoms with van der Waals surface area (Å²) in [5.41, 5.74) is 3.11. The van der Waals surface area contributed by atoms with Crippen molar-refractivity contribution in [1.29, 1.82) is 0 Å². The van der Waals surface area contributed by atoms with Gasteiger partial charge in [-0.15, -0.1) is 0 Å². The molecule has 0 aliphatic rings. The second-order valence-electron chi connectivity index (χ2n) is 6.64. The minimum atomic E-state index is -0.608. The number of halogens is 2. The number of hydrogen-bond donors (Lipinski definition) is 2. The molecule has 0 spiro atoms. The maximum atomic E-state index is 14.0. The third kappa shape index (κ3) is 4.66. The van der Waals surface area contributed by atoms with Crippen molar-refractivity contribution < 1.29 is 18.4 Å². The lowest BCUT2D eigenvalue weighted by Gasteiger charge is -2.10. The van der Waals surface area contributed by atoms with Crippen LogP contribution < -0.4 is 10.6 Å². The van der Waals surface area contributed by atoms with Gasteiger partial charge in [0.2, 0.25) is 11.8 Å². The lowest BCUT2D eigenvalue weighted by Crippen LogP contribution is -2.17. The van der Waals surface area contributed by atoms with Gasteiger partial charge in [-0.05, 0) is 56.3 Å². The number of carbonyl (C=O) groups is 2. The highest BCUT2D eigenvalue weighted by Crippen LogP contribution is 2.22. The van der Waals surface area contributed by atoms with Gasteiger partial charge in [0.15, 0.2) is 0 Å². The van der Waals surface area contributed by atoms with Gasteiger partial charge in [-0.2, -0.15) is 5.10 Å². The number of amides is 2. The summed E-state index contributed by atoms with van der Waals surface area (Å²) in [6.07, 6.45) is -0.0112. The number of rotatable bonds is 5.